The Morgan fingerprint density at radius 1 is 1.30 bits per heavy atom. The zero-order valence-electron chi connectivity index (χ0n) is 10.1. The SMILES string of the molecule is O=c1[nH]cc(S(=O)(=O)NCc2cccc(F)c2)cc1Cl. The van der Waals surface area contributed by atoms with Gasteiger partial charge in [-0.15, -0.1) is 0 Å². The molecule has 0 atom stereocenters. The van der Waals surface area contributed by atoms with E-state index in [4.69, 9.17) is 11.6 Å². The maximum atomic E-state index is 13.0. The number of nitrogens with one attached hydrogen (secondary N) is 2. The largest absolute Gasteiger partial charge is 0.326 e. The molecule has 0 spiro atoms. The molecule has 1 aromatic carbocycles. The summed E-state index contributed by atoms with van der Waals surface area (Å²) in [5.41, 5.74) is -0.0974. The molecular weight excluding hydrogens is 307 g/mol. The standard InChI is InChI=1S/C12H10ClFN2O3S/c13-11-5-10(7-15-12(11)17)20(18,19)16-6-8-2-1-3-9(14)4-8/h1-5,7,16H,6H2,(H,15,17). The van der Waals surface area contributed by atoms with Crippen molar-refractivity contribution in [2.24, 2.45) is 0 Å². The van der Waals surface area contributed by atoms with Crippen molar-refractivity contribution in [1.29, 1.82) is 0 Å². The van der Waals surface area contributed by atoms with Gasteiger partial charge in [0.25, 0.3) is 5.56 Å². The first-order valence-corrected chi connectivity index (χ1v) is 7.37. The molecule has 0 unspecified atom stereocenters. The maximum Gasteiger partial charge on any atom is 0.266 e. The van der Waals surface area contributed by atoms with Crippen molar-refractivity contribution < 1.29 is 12.8 Å². The summed E-state index contributed by atoms with van der Waals surface area (Å²) in [6.07, 6.45) is 1.04. The van der Waals surface area contributed by atoms with Gasteiger partial charge < -0.3 is 4.98 Å². The van der Waals surface area contributed by atoms with Crippen molar-refractivity contribution in [2.75, 3.05) is 0 Å². The van der Waals surface area contributed by atoms with Crippen LogP contribution in [-0.4, -0.2) is 13.4 Å². The quantitative estimate of drug-likeness (QED) is 0.900. The first-order valence-electron chi connectivity index (χ1n) is 5.51. The van der Waals surface area contributed by atoms with E-state index in [9.17, 15) is 17.6 Å². The highest BCUT2D eigenvalue weighted by atomic mass is 35.5. The molecular formula is C12H10ClFN2O3S. The van der Waals surface area contributed by atoms with E-state index in [1.54, 1.807) is 6.07 Å². The fourth-order valence-electron chi connectivity index (χ4n) is 1.50. The second-order valence-corrected chi connectivity index (χ2v) is 6.14. The molecule has 0 aliphatic rings. The summed E-state index contributed by atoms with van der Waals surface area (Å²) < 4.78 is 39.2. The summed E-state index contributed by atoms with van der Waals surface area (Å²) in [5, 5.41) is -0.223. The second-order valence-electron chi connectivity index (χ2n) is 3.97. The van der Waals surface area contributed by atoms with Crippen molar-refractivity contribution in [3.05, 3.63) is 63.3 Å². The second kappa shape index (κ2) is 5.74. The van der Waals surface area contributed by atoms with E-state index < -0.39 is 21.4 Å². The van der Waals surface area contributed by atoms with Crippen LogP contribution < -0.4 is 10.3 Å². The number of H-pyrrole nitrogens is 1. The van der Waals surface area contributed by atoms with E-state index >= 15 is 0 Å². The third-order valence-electron chi connectivity index (χ3n) is 2.50. The molecule has 8 heteroatoms. The van der Waals surface area contributed by atoms with Crippen LogP contribution in [0.1, 0.15) is 5.56 Å². The molecule has 1 heterocycles. The monoisotopic (exact) mass is 316 g/mol. The van der Waals surface area contributed by atoms with Crippen LogP contribution in [0, 0.1) is 5.82 Å². The molecule has 2 rings (SSSR count). The van der Waals surface area contributed by atoms with E-state index in [0.29, 0.717) is 5.56 Å². The highest BCUT2D eigenvalue weighted by Gasteiger charge is 2.15. The molecule has 2 aromatic rings. The number of benzene rings is 1. The minimum atomic E-state index is -3.84. The third-order valence-corrected chi connectivity index (χ3v) is 4.16. The van der Waals surface area contributed by atoms with E-state index in [1.165, 1.54) is 18.2 Å². The highest BCUT2D eigenvalue weighted by molar-refractivity contribution is 7.89. The van der Waals surface area contributed by atoms with Gasteiger partial charge in [-0.3, -0.25) is 4.79 Å². The Balaban J connectivity index is 2.19. The summed E-state index contributed by atoms with van der Waals surface area (Å²) in [6, 6.07) is 6.61. The highest BCUT2D eigenvalue weighted by Crippen LogP contribution is 2.11. The van der Waals surface area contributed by atoms with Crippen molar-refractivity contribution in [3.63, 3.8) is 0 Å². The van der Waals surface area contributed by atoms with E-state index in [2.05, 4.69) is 9.71 Å². The molecule has 2 N–H and O–H groups in total. The molecule has 1 aromatic heterocycles. The van der Waals surface area contributed by atoms with Crippen LogP contribution in [0.15, 0.2) is 46.2 Å². The van der Waals surface area contributed by atoms with E-state index in [0.717, 1.165) is 12.3 Å². The fraction of sp³-hybridized carbons (Fsp3) is 0.0833. The van der Waals surface area contributed by atoms with Gasteiger partial charge in [-0.2, -0.15) is 0 Å². The number of pyridine rings is 1. The summed E-state index contributed by atoms with van der Waals surface area (Å²) in [7, 11) is -3.84. The average molecular weight is 317 g/mol. The van der Waals surface area contributed by atoms with Crippen LogP contribution in [0.25, 0.3) is 0 Å². The minimum Gasteiger partial charge on any atom is -0.326 e. The third kappa shape index (κ3) is 3.44. The van der Waals surface area contributed by atoms with Gasteiger partial charge in [0.1, 0.15) is 10.8 Å². The van der Waals surface area contributed by atoms with E-state index in [-0.39, 0.29) is 16.5 Å². The number of hydrogen-bond acceptors (Lipinski definition) is 3. The molecule has 0 saturated carbocycles. The van der Waals surface area contributed by atoms with Crippen LogP contribution >= 0.6 is 11.6 Å². The van der Waals surface area contributed by atoms with Gasteiger partial charge in [0.2, 0.25) is 10.0 Å². The molecule has 0 radical (unpaired) electrons. The predicted molar refractivity (Wildman–Crippen MR) is 72.5 cm³/mol. The van der Waals surface area contributed by atoms with Crippen LogP contribution in [0.3, 0.4) is 0 Å². The number of rotatable bonds is 4. The van der Waals surface area contributed by atoms with Crippen LogP contribution in [-0.2, 0) is 16.6 Å². The lowest BCUT2D eigenvalue weighted by molar-refractivity contribution is 0.579. The van der Waals surface area contributed by atoms with Crippen molar-refractivity contribution in [2.45, 2.75) is 11.4 Å². The van der Waals surface area contributed by atoms with Gasteiger partial charge in [-0.05, 0) is 23.8 Å². The van der Waals surface area contributed by atoms with E-state index in [1.807, 2.05) is 0 Å². The zero-order chi connectivity index (χ0) is 14.8. The lowest BCUT2D eigenvalue weighted by atomic mass is 10.2. The molecule has 106 valence electrons. The average Bonchev–Trinajstić information content (AvgIpc) is 2.40. The van der Waals surface area contributed by atoms with Gasteiger partial charge in [-0.25, -0.2) is 17.5 Å². The molecule has 0 saturated heterocycles. The van der Waals surface area contributed by atoms with Crippen LogP contribution in [0.5, 0.6) is 0 Å². The molecule has 0 aliphatic heterocycles. The summed E-state index contributed by atoms with van der Waals surface area (Å²) in [4.78, 5) is 13.1. The Labute approximate surface area is 119 Å². The Morgan fingerprint density at radius 2 is 2.05 bits per heavy atom. The first kappa shape index (κ1) is 14.7. The van der Waals surface area contributed by atoms with Gasteiger partial charge in [0, 0.05) is 12.7 Å². The molecule has 0 amide bonds. The zero-order valence-corrected chi connectivity index (χ0v) is 11.6. The molecule has 0 aliphatic carbocycles. The van der Waals surface area contributed by atoms with Crippen LogP contribution in [0.2, 0.25) is 5.02 Å². The number of aromatic nitrogens is 1. The van der Waals surface area contributed by atoms with Gasteiger partial charge in [0.05, 0.1) is 4.90 Å². The molecule has 0 fully saturated rings. The topological polar surface area (TPSA) is 79.0 Å². The Hall–Kier alpha value is -1.70. The first-order chi connectivity index (χ1) is 9.38. The maximum absolute atomic E-state index is 13.0. The van der Waals surface area contributed by atoms with Gasteiger partial charge >= 0.3 is 0 Å². The van der Waals surface area contributed by atoms with Gasteiger partial charge in [0.15, 0.2) is 0 Å². The number of sulfonamides is 1. The molecule has 5 nitrogen and oxygen atoms in total. The van der Waals surface area contributed by atoms with Gasteiger partial charge in [-0.1, -0.05) is 23.7 Å². The van der Waals surface area contributed by atoms with Crippen molar-refractivity contribution >= 4 is 21.6 Å². The number of aromatic amines is 1. The lowest BCUT2D eigenvalue weighted by Gasteiger charge is -2.07. The predicted octanol–water partition coefficient (Wildman–Crippen LogP) is 1.65. The molecule has 20 heavy (non-hydrogen) atoms. The normalized spacial score (nSPS) is 11.5. The fourth-order valence-corrected chi connectivity index (χ4v) is 2.75. The van der Waals surface area contributed by atoms with Crippen LogP contribution in [0.4, 0.5) is 4.39 Å². The Kier molecular flexibility index (Phi) is 4.22. The Morgan fingerprint density at radius 3 is 2.70 bits per heavy atom. The summed E-state index contributed by atoms with van der Waals surface area (Å²) >= 11 is 5.57. The summed E-state index contributed by atoms with van der Waals surface area (Å²) in [6.45, 7) is -0.0726. The number of hydrogen-bond donors (Lipinski definition) is 2. The Bertz CT molecular complexity index is 789. The van der Waals surface area contributed by atoms with Crippen molar-refractivity contribution in [3.8, 4) is 0 Å². The molecule has 0 bridgehead atoms. The number of halogens is 2. The van der Waals surface area contributed by atoms with Crippen molar-refractivity contribution in [1.82, 2.24) is 9.71 Å². The summed E-state index contributed by atoms with van der Waals surface area (Å²) in [5.74, 6) is -0.450. The smallest absolute Gasteiger partial charge is 0.266 e. The minimum absolute atomic E-state index is 0.0726. The lowest BCUT2D eigenvalue weighted by Crippen LogP contribution is -2.24.